The molecule has 18 heavy (non-hydrogen) atoms. The maximum absolute atomic E-state index is 11.6. The van der Waals surface area contributed by atoms with Crippen molar-refractivity contribution in [1.29, 1.82) is 0 Å². The zero-order chi connectivity index (χ0) is 12.5. The lowest BCUT2D eigenvalue weighted by Crippen LogP contribution is -2.07. The summed E-state index contributed by atoms with van der Waals surface area (Å²) in [4.78, 5) is 11.6. The van der Waals surface area contributed by atoms with E-state index >= 15 is 0 Å². The minimum absolute atomic E-state index is 0.277. The summed E-state index contributed by atoms with van der Waals surface area (Å²) in [6, 6.07) is 14.2. The van der Waals surface area contributed by atoms with Crippen LogP contribution in [0.2, 0.25) is 0 Å². The Labute approximate surface area is 106 Å². The van der Waals surface area contributed by atoms with E-state index in [1.54, 1.807) is 0 Å². The topological polar surface area (TPSA) is 26.3 Å². The van der Waals surface area contributed by atoms with Crippen LogP contribution in [0.15, 0.2) is 42.5 Å². The standard InChI is InChI=1S/C16H14O2/c1-18-16(17)13-9-8-12-7-6-11-4-2-3-5-14(11)15(12)10-13/h2-5,8-10H,6-7H2,1H3. The second-order valence-corrected chi connectivity index (χ2v) is 4.52. The van der Waals surface area contributed by atoms with E-state index in [1.165, 1.54) is 29.4 Å². The summed E-state index contributed by atoms with van der Waals surface area (Å²) in [5, 5.41) is 0. The Morgan fingerprint density at radius 2 is 1.72 bits per heavy atom. The quantitative estimate of drug-likeness (QED) is 0.713. The molecular formula is C16H14O2. The molecule has 0 spiro atoms. The molecule has 0 atom stereocenters. The van der Waals surface area contributed by atoms with E-state index in [-0.39, 0.29) is 5.97 Å². The van der Waals surface area contributed by atoms with Gasteiger partial charge < -0.3 is 4.74 Å². The molecule has 0 fully saturated rings. The summed E-state index contributed by atoms with van der Waals surface area (Å²) in [7, 11) is 1.41. The van der Waals surface area contributed by atoms with E-state index in [1.807, 2.05) is 24.3 Å². The van der Waals surface area contributed by atoms with Crippen LogP contribution in [0, 0.1) is 0 Å². The molecule has 1 aliphatic carbocycles. The lowest BCUT2D eigenvalue weighted by atomic mass is 9.85. The van der Waals surface area contributed by atoms with Gasteiger partial charge in [-0.05, 0) is 47.2 Å². The number of hydrogen-bond donors (Lipinski definition) is 0. The highest BCUT2D eigenvalue weighted by atomic mass is 16.5. The van der Waals surface area contributed by atoms with Crippen molar-refractivity contribution in [3.05, 3.63) is 59.2 Å². The van der Waals surface area contributed by atoms with Crippen LogP contribution in [0.25, 0.3) is 11.1 Å². The largest absolute Gasteiger partial charge is 0.465 e. The molecule has 0 unspecified atom stereocenters. The zero-order valence-electron chi connectivity index (χ0n) is 10.3. The molecule has 2 aromatic carbocycles. The molecule has 0 aromatic heterocycles. The van der Waals surface area contributed by atoms with E-state index in [0.29, 0.717) is 5.56 Å². The van der Waals surface area contributed by atoms with Gasteiger partial charge in [-0.3, -0.25) is 0 Å². The lowest BCUT2D eigenvalue weighted by Gasteiger charge is -2.20. The molecule has 0 N–H and O–H groups in total. The number of carbonyl (C=O) groups excluding carboxylic acids is 1. The minimum Gasteiger partial charge on any atom is -0.465 e. The highest BCUT2D eigenvalue weighted by Gasteiger charge is 2.17. The Morgan fingerprint density at radius 3 is 2.50 bits per heavy atom. The van der Waals surface area contributed by atoms with Gasteiger partial charge in [-0.2, -0.15) is 0 Å². The predicted molar refractivity (Wildman–Crippen MR) is 70.6 cm³/mol. The highest BCUT2D eigenvalue weighted by molar-refractivity contribution is 5.91. The normalized spacial score (nSPS) is 12.5. The maximum Gasteiger partial charge on any atom is 0.337 e. The first-order chi connectivity index (χ1) is 8.79. The van der Waals surface area contributed by atoms with Crippen LogP contribution in [0.3, 0.4) is 0 Å². The number of rotatable bonds is 1. The Bertz CT molecular complexity index is 614. The molecule has 3 rings (SSSR count). The first kappa shape index (κ1) is 11.0. The average Bonchev–Trinajstić information content (AvgIpc) is 2.45. The molecule has 0 bridgehead atoms. The number of methoxy groups -OCH3 is 1. The summed E-state index contributed by atoms with van der Waals surface area (Å²) in [6.45, 7) is 0. The number of esters is 1. The molecule has 0 saturated carbocycles. The van der Waals surface area contributed by atoms with Crippen molar-refractivity contribution in [1.82, 2.24) is 0 Å². The fraction of sp³-hybridized carbons (Fsp3) is 0.188. The summed E-state index contributed by atoms with van der Waals surface area (Å²) >= 11 is 0. The molecule has 0 heterocycles. The molecule has 0 saturated heterocycles. The number of ether oxygens (including phenoxy) is 1. The van der Waals surface area contributed by atoms with Crippen molar-refractivity contribution < 1.29 is 9.53 Å². The number of benzene rings is 2. The van der Waals surface area contributed by atoms with Gasteiger partial charge in [0, 0.05) is 0 Å². The van der Waals surface area contributed by atoms with Crippen molar-refractivity contribution in [2.45, 2.75) is 12.8 Å². The number of carbonyl (C=O) groups is 1. The van der Waals surface area contributed by atoms with Crippen LogP contribution in [-0.2, 0) is 17.6 Å². The second-order valence-electron chi connectivity index (χ2n) is 4.52. The molecule has 0 amide bonds. The lowest BCUT2D eigenvalue weighted by molar-refractivity contribution is 0.0601. The van der Waals surface area contributed by atoms with Crippen LogP contribution >= 0.6 is 0 Å². The average molecular weight is 238 g/mol. The number of aryl methyl sites for hydroxylation is 2. The van der Waals surface area contributed by atoms with E-state index in [0.717, 1.165) is 12.8 Å². The van der Waals surface area contributed by atoms with E-state index in [9.17, 15) is 4.79 Å². The third kappa shape index (κ3) is 1.70. The Hall–Kier alpha value is -2.09. The first-order valence-electron chi connectivity index (χ1n) is 6.09. The minimum atomic E-state index is -0.277. The van der Waals surface area contributed by atoms with Gasteiger partial charge >= 0.3 is 5.97 Å². The molecular weight excluding hydrogens is 224 g/mol. The first-order valence-corrected chi connectivity index (χ1v) is 6.09. The zero-order valence-corrected chi connectivity index (χ0v) is 10.3. The second kappa shape index (κ2) is 4.30. The summed E-state index contributed by atoms with van der Waals surface area (Å²) in [6.07, 6.45) is 2.11. The molecule has 1 aliphatic rings. The highest BCUT2D eigenvalue weighted by Crippen LogP contribution is 2.33. The third-order valence-electron chi connectivity index (χ3n) is 3.50. The van der Waals surface area contributed by atoms with Gasteiger partial charge in [0.1, 0.15) is 0 Å². The molecule has 2 aromatic rings. The van der Waals surface area contributed by atoms with E-state index < -0.39 is 0 Å². The van der Waals surface area contributed by atoms with E-state index in [4.69, 9.17) is 4.74 Å². The van der Waals surface area contributed by atoms with Crippen molar-refractivity contribution >= 4 is 5.97 Å². The van der Waals surface area contributed by atoms with Gasteiger partial charge in [0.2, 0.25) is 0 Å². The summed E-state index contributed by atoms with van der Waals surface area (Å²) in [5.74, 6) is -0.277. The maximum atomic E-state index is 11.6. The number of hydrogen-bond acceptors (Lipinski definition) is 2. The van der Waals surface area contributed by atoms with Crippen LogP contribution in [0.5, 0.6) is 0 Å². The van der Waals surface area contributed by atoms with Crippen molar-refractivity contribution in [2.24, 2.45) is 0 Å². The molecule has 2 heteroatoms. The van der Waals surface area contributed by atoms with Gasteiger partial charge in [0.15, 0.2) is 0 Å². The fourth-order valence-corrected chi connectivity index (χ4v) is 2.56. The molecule has 2 nitrogen and oxygen atoms in total. The Kier molecular flexibility index (Phi) is 2.63. The van der Waals surface area contributed by atoms with Crippen LogP contribution in [0.4, 0.5) is 0 Å². The van der Waals surface area contributed by atoms with Gasteiger partial charge in [-0.1, -0.05) is 30.3 Å². The SMILES string of the molecule is COC(=O)c1ccc2c(c1)-c1ccccc1CC2. The van der Waals surface area contributed by atoms with E-state index in [2.05, 4.69) is 18.2 Å². The summed E-state index contributed by atoms with van der Waals surface area (Å²) in [5.41, 5.74) is 5.69. The van der Waals surface area contributed by atoms with Crippen LogP contribution < -0.4 is 0 Å². The van der Waals surface area contributed by atoms with Gasteiger partial charge in [-0.15, -0.1) is 0 Å². The monoisotopic (exact) mass is 238 g/mol. The van der Waals surface area contributed by atoms with Crippen LogP contribution in [0.1, 0.15) is 21.5 Å². The van der Waals surface area contributed by atoms with Gasteiger partial charge in [0.25, 0.3) is 0 Å². The predicted octanol–water partition coefficient (Wildman–Crippen LogP) is 3.24. The fourth-order valence-electron chi connectivity index (χ4n) is 2.56. The van der Waals surface area contributed by atoms with Crippen molar-refractivity contribution in [3.63, 3.8) is 0 Å². The van der Waals surface area contributed by atoms with Crippen LogP contribution in [-0.4, -0.2) is 13.1 Å². The Morgan fingerprint density at radius 1 is 1.00 bits per heavy atom. The summed E-state index contributed by atoms with van der Waals surface area (Å²) < 4.78 is 4.78. The van der Waals surface area contributed by atoms with Crippen molar-refractivity contribution in [3.8, 4) is 11.1 Å². The van der Waals surface area contributed by atoms with Gasteiger partial charge in [-0.25, -0.2) is 4.79 Å². The molecule has 0 aliphatic heterocycles. The number of fused-ring (bicyclic) bond motifs is 3. The smallest absolute Gasteiger partial charge is 0.337 e. The van der Waals surface area contributed by atoms with Crippen molar-refractivity contribution in [2.75, 3.05) is 7.11 Å². The van der Waals surface area contributed by atoms with Gasteiger partial charge in [0.05, 0.1) is 12.7 Å². The third-order valence-corrected chi connectivity index (χ3v) is 3.50. The molecule has 0 radical (unpaired) electrons. The Balaban J connectivity index is 2.16. The molecule has 90 valence electrons.